The monoisotopic (exact) mass is 479 g/mol. The maximum absolute atomic E-state index is 13.7. The van der Waals surface area contributed by atoms with E-state index in [2.05, 4.69) is 15.2 Å². The van der Waals surface area contributed by atoms with Crippen molar-refractivity contribution in [2.75, 3.05) is 6.54 Å². The smallest absolute Gasteiger partial charge is 0.272 e. The van der Waals surface area contributed by atoms with Crippen LogP contribution in [-0.4, -0.2) is 32.1 Å². The van der Waals surface area contributed by atoms with E-state index in [1.54, 1.807) is 12.3 Å². The Kier molecular flexibility index (Phi) is 6.46. The highest BCUT2D eigenvalue weighted by Crippen LogP contribution is 2.25. The largest absolute Gasteiger partial charge is 0.344 e. The molecule has 2 aromatic carbocycles. The minimum Gasteiger partial charge on any atom is -0.344 e. The summed E-state index contributed by atoms with van der Waals surface area (Å²) in [4.78, 5) is 19.4. The minimum atomic E-state index is -0.856. The molecule has 0 saturated carbocycles. The molecule has 0 spiro atoms. The topological polar surface area (TPSA) is 63.1 Å². The van der Waals surface area contributed by atoms with Gasteiger partial charge in [-0.05, 0) is 23.3 Å². The number of rotatable bonds is 7. The van der Waals surface area contributed by atoms with Gasteiger partial charge in [0.15, 0.2) is 17.3 Å². The second-order valence-corrected chi connectivity index (χ2v) is 9.21. The van der Waals surface area contributed by atoms with Gasteiger partial charge < -0.3 is 5.32 Å². The number of benzene rings is 2. The zero-order valence-corrected chi connectivity index (χ0v) is 19.2. The van der Waals surface area contributed by atoms with Crippen LogP contribution >= 0.6 is 11.3 Å². The van der Waals surface area contributed by atoms with Crippen molar-refractivity contribution in [2.45, 2.75) is 32.6 Å². The van der Waals surface area contributed by atoms with Crippen molar-refractivity contribution in [2.24, 2.45) is 0 Å². The molecule has 174 valence electrons. The first-order valence-electron chi connectivity index (χ1n) is 11.0. The van der Waals surface area contributed by atoms with Gasteiger partial charge in [0.05, 0.1) is 13.1 Å². The maximum Gasteiger partial charge on any atom is 0.272 e. The van der Waals surface area contributed by atoms with Crippen LogP contribution in [0.4, 0.5) is 8.78 Å². The third kappa shape index (κ3) is 4.90. The molecular weight excluding hydrogens is 456 g/mol. The number of carbonyl (C=O) groups is 1. The Hall–Kier alpha value is -3.43. The van der Waals surface area contributed by atoms with Crippen LogP contribution in [0.2, 0.25) is 0 Å². The zero-order valence-electron chi connectivity index (χ0n) is 18.4. The summed E-state index contributed by atoms with van der Waals surface area (Å²) in [7, 11) is 0. The van der Waals surface area contributed by atoms with Gasteiger partial charge in [0.1, 0.15) is 5.01 Å². The molecule has 0 atom stereocenters. The predicted octanol–water partition coefficient (Wildman–Crippen LogP) is 4.15. The summed E-state index contributed by atoms with van der Waals surface area (Å²) in [5.74, 6) is -1.95. The van der Waals surface area contributed by atoms with E-state index in [0.29, 0.717) is 43.9 Å². The lowest BCUT2D eigenvalue weighted by molar-refractivity contribution is 0.0942. The Bertz CT molecular complexity index is 1290. The van der Waals surface area contributed by atoms with Gasteiger partial charge in [0.25, 0.3) is 5.91 Å². The number of hydrogen-bond acceptors (Lipinski definition) is 5. The first-order valence-corrected chi connectivity index (χ1v) is 11.9. The van der Waals surface area contributed by atoms with Gasteiger partial charge in [-0.25, -0.2) is 13.8 Å². The van der Waals surface area contributed by atoms with E-state index >= 15 is 0 Å². The van der Waals surface area contributed by atoms with Gasteiger partial charge in [0.2, 0.25) is 0 Å². The number of fused-ring (bicyclic) bond motifs is 1. The van der Waals surface area contributed by atoms with E-state index in [-0.39, 0.29) is 5.91 Å². The normalized spacial score (nSPS) is 13.6. The molecule has 2 aromatic heterocycles. The molecule has 34 heavy (non-hydrogen) atoms. The molecule has 6 nitrogen and oxygen atoms in total. The molecule has 5 rings (SSSR count). The lowest BCUT2D eigenvalue weighted by Gasteiger charge is -2.27. The molecule has 1 N–H and O–H groups in total. The number of aromatic nitrogens is 3. The lowest BCUT2D eigenvalue weighted by Crippen LogP contribution is -2.32. The molecule has 9 heteroatoms. The predicted molar refractivity (Wildman–Crippen MR) is 125 cm³/mol. The molecular formula is C25H23F2N5OS. The summed E-state index contributed by atoms with van der Waals surface area (Å²) in [6, 6.07) is 14.0. The summed E-state index contributed by atoms with van der Waals surface area (Å²) in [5, 5.41) is 10.3. The van der Waals surface area contributed by atoms with Gasteiger partial charge in [-0.2, -0.15) is 5.10 Å². The average Bonchev–Trinajstić information content (AvgIpc) is 3.49. The SMILES string of the molecule is O=C(NCc1nccs1)c1nn(Cc2ccccc2)c2c1CN(Cc1ccc(F)c(F)c1)CC2. The minimum absolute atomic E-state index is 0.243. The van der Waals surface area contributed by atoms with E-state index in [9.17, 15) is 13.6 Å². The van der Waals surface area contributed by atoms with Gasteiger partial charge in [-0.3, -0.25) is 14.4 Å². The van der Waals surface area contributed by atoms with E-state index in [1.165, 1.54) is 17.4 Å². The molecule has 1 aliphatic heterocycles. The molecule has 0 saturated heterocycles. The maximum atomic E-state index is 13.7. The van der Waals surface area contributed by atoms with Gasteiger partial charge in [-0.15, -0.1) is 11.3 Å². The Balaban J connectivity index is 1.40. The van der Waals surface area contributed by atoms with Gasteiger partial charge in [0, 0.05) is 48.9 Å². The van der Waals surface area contributed by atoms with Crippen molar-refractivity contribution in [3.05, 3.63) is 105 Å². The Morgan fingerprint density at radius 1 is 1.06 bits per heavy atom. The standard InChI is InChI=1S/C25H23F2N5OS/c26-20-7-6-18(12-21(20)27)14-31-10-8-22-19(16-31)24(25(33)29-13-23-28-9-11-34-23)30-32(22)15-17-4-2-1-3-5-17/h1-7,9,11-12H,8,10,13-16H2,(H,29,33). The Morgan fingerprint density at radius 2 is 1.91 bits per heavy atom. The van der Waals surface area contributed by atoms with Crippen molar-refractivity contribution in [3.63, 3.8) is 0 Å². The number of amides is 1. The molecule has 0 aliphatic carbocycles. The molecule has 3 heterocycles. The summed E-state index contributed by atoms with van der Waals surface area (Å²) < 4.78 is 28.9. The number of nitrogens with zero attached hydrogens (tertiary/aromatic N) is 4. The second kappa shape index (κ2) is 9.82. The van der Waals surface area contributed by atoms with Crippen LogP contribution in [0, 0.1) is 11.6 Å². The molecule has 0 bridgehead atoms. The van der Waals surface area contributed by atoms with E-state index < -0.39 is 11.6 Å². The number of hydrogen-bond donors (Lipinski definition) is 1. The van der Waals surface area contributed by atoms with E-state index in [1.807, 2.05) is 40.4 Å². The van der Waals surface area contributed by atoms with Crippen molar-refractivity contribution in [3.8, 4) is 0 Å². The number of nitrogens with one attached hydrogen (secondary N) is 1. The highest BCUT2D eigenvalue weighted by Gasteiger charge is 2.28. The van der Waals surface area contributed by atoms with Crippen LogP contribution in [0.15, 0.2) is 60.1 Å². The zero-order chi connectivity index (χ0) is 23.5. The molecule has 0 unspecified atom stereocenters. The van der Waals surface area contributed by atoms with Crippen molar-refractivity contribution in [1.82, 2.24) is 25.0 Å². The van der Waals surface area contributed by atoms with Crippen LogP contribution in [0.3, 0.4) is 0 Å². The van der Waals surface area contributed by atoms with Crippen LogP contribution in [0.25, 0.3) is 0 Å². The number of halogens is 2. The Labute approximate surface area is 199 Å². The summed E-state index contributed by atoms with van der Waals surface area (Å²) in [6.45, 7) is 2.61. The highest BCUT2D eigenvalue weighted by atomic mass is 32.1. The van der Waals surface area contributed by atoms with Gasteiger partial charge in [-0.1, -0.05) is 36.4 Å². The average molecular weight is 480 g/mol. The van der Waals surface area contributed by atoms with E-state index in [0.717, 1.165) is 34.4 Å². The van der Waals surface area contributed by atoms with Crippen LogP contribution in [0.1, 0.15) is 37.9 Å². The molecule has 1 amide bonds. The summed E-state index contributed by atoms with van der Waals surface area (Å²) in [5.41, 5.74) is 4.10. The summed E-state index contributed by atoms with van der Waals surface area (Å²) in [6.07, 6.45) is 2.41. The first kappa shape index (κ1) is 22.4. The second-order valence-electron chi connectivity index (χ2n) is 8.23. The molecule has 4 aromatic rings. The van der Waals surface area contributed by atoms with Crippen molar-refractivity contribution in [1.29, 1.82) is 0 Å². The van der Waals surface area contributed by atoms with Gasteiger partial charge >= 0.3 is 0 Å². The fourth-order valence-electron chi connectivity index (χ4n) is 4.23. The fraction of sp³-hybridized carbons (Fsp3) is 0.240. The molecule has 0 radical (unpaired) electrons. The fourth-order valence-corrected chi connectivity index (χ4v) is 4.78. The highest BCUT2D eigenvalue weighted by molar-refractivity contribution is 7.09. The van der Waals surface area contributed by atoms with Crippen LogP contribution < -0.4 is 5.32 Å². The quantitative estimate of drug-likeness (QED) is 0.433. The van der Waals surface area contributed by atoms with Crippen LogP contribution in [-0.2, 0) is 32.6 Å². The van der Waals surface area contributed by atoms with Crippen LogP contribution in [0.5, 0.6) is 0 Å². The third-order valence-electron chi connectivity index (χ3n) is 5.88. The number of thiazole rings is 1. The summed E-state index contributed by atoms with van der Waals surface area (Å²) >= 11 is 1.48. The molecule has 0 fully saturated rings. The number of carbonyl (C=O) groups excluding carboxylic acids is 1. The lowest BCUT2D eigenvalue weighted by atomic mass is 10.0. The first-order chi connectivity index (χ1) is 16.6. The molecule has 1 aliphatic rings. The van der Waals surface area contributed by atoms with E-state index in [4.69, 9.17) is 5.10 Å². The third-order valence-corrected chi connectivity index (χ3v) is 6.66. The van der Waals surface area contributed by atoms with Crippen molar-refractivity contribution < 1.29 is 13.6 Å². The van der Waals surface area contributed by atoms with Crippen molar-refractivity contribution >= 4 is 17.2 Å². The Morgan fingerprint density at radius 3 is 2.68 bits per heavy atom.